The van der Waals surface area contributed by atoms with Gasteiger partial charge in [-0.25, -0.2) is 4.79 Å². The number of carbonyl (C=O) groups is 1. The first-order chi connectivity index (χ1) is 9.65. The lowest BCUT2D eigenvalue weighted by molar-refractivity contribution is 0.0696. The van der Waals surface area contributed by atoms with E-state index < -0.39 is 5.97 Å². The number of hydrogen-bond donors (Lipinski definition) is 1. The van der Waals surface area contributed by atoms with Gasteiger partial charge in [0.2, 0.25) is 0 Å². The van der Waals surface area contributed by atoms with Crippen molar-refractivity contribution >= 4 is 32.8 Å². The molecule has 0 unspecified atom stereocenters. The number of aromatic nitrogens is 2. The van der Waals surface area contributed by atoms with Gasteiger partial charge in [0.15, 0.2) is 0 Å². The van der Waals surface area contributed by atoms with Crippen molar-refractivity contribution in [2.45, 2.75) is 6.54 Å². The molecule has 0 saturated heterocycles. The Morgan fingerprint density at radius 2 is 2.05 bits per heavy atom. The van der Waals surface area contributed by atoms with Crippen LogP contribution in [0.15, 0.2) is 53.3 Å². The van der Waals surface area contributed by atoms with Gasteiger partial charge in [-0.3, -0.25) is 4.98 Å². The molecule has 3 aromatic rings. The smallest absolute Gasteiger partial charge is 0.337 e. The molecule has 2 aromatic heterocycles. The van der Waals surface area contributed by atoms with Crippen LogP contribution >= 0.6 is 15.9 Å². The summed E-state index contributed by atoms with van der Waals surface area (Å²) in [4.78, 5) is 15.0. The van der Waals surface area contributed by atoms with Crippen LogP contribution < -0.4 is 0 Å². The maximum Gasteiger partial charge on any atom is 0.337 e. The molecule has 2 heterocycles. The minimum Gasteiger partial charge on any atom is -0.478 e. The first kappa shape index (κ1) is 12.9. The summed E-state index contributed by atoms with van der Waals surface area (Å²) in [6.45, 7) is 0.603. The number of hydrogen-bond acceptors (Lipinski definition) is 2. The van der Waals surface area contributed by atoms with Gasteiger partial charge in [0.1, 0.15) is 0 Å². The number of aromatic carboxylic acids is 1. The number of fused-ring (bicyclic) bond motifs is 1. The van der Waals surface area contributed by atoms with Crippen molar-refractivity contribution < 1.29 is 9.90 Å². The number of halogens is 1. The van der Waals surface area contributed by atoms with Crippen LogP contribution in [0.5, 0.6) is 0 Å². The molecule has 0 amide bonds. The molecule has 0 saturated carbocycles. The van der Waals surface area contributed by atoms with Gasteiger partial charge in [0.05, 0.1) is 17.8 Å². The molecule has 3 rings (SSSR count). The minimum absolute atomic E-state index is 0.201. The van der Waals surface area contributed by atoms with Crippen molar-refractivity contribution in [1.29, 1.82) is 0 Å². The van der Waals surface area contributed by atoms with Crippen molar-refractivity contribution in [3.8, 4) is 0 Å². The largest absolute Gasteiger partial charge is 0.478 e. The summed E-state index contributed by atoms with van der Waals surface area (Å²) in [5, 5.41) is 10.0. The van der Waals surface area contributed by atoms with Crippen molar-refractivity contribution in [3.63, 3.8) is 0 Å². The Labute approximate surface area is 123 Å². The number of nitrogens with zero attached hydrogens (tertiary/aromatic N) is 2. The molecule has 0 fully saturated rings. The van der Waals surface area contributed by atoms with E-state index in [1.165, 1.54) is 6.20 Å². The fourth-order valence-electron chi connectivity index (χ4n) is 2.15. The van der Waals surface area contributed by atoms with Gasteiger partial charge in [-0.05, 0) is 34.1 Å². The minimum atomic E-state index is -0.960. The second-order valence-corrected chi connectivity index (χ2v) is 5.32. The van der Waals surface area contributed by atoms with Crippen LogP contribution in [0, 0.1) is 0 Å². The Morgan fingerprint density at radius 1 is 1.25 bits per heavy atom. The van der Waals surface area contributed by atoms with Crippen LogP contribution in [0.25, 0.3) is 10.9 Å². The van der Waals surface area contributed by atoms with Gasteiger partial charge < -0.3 is 9.67 Å². The molecule has 4 nitrogen and oxygen atoms in total. The molecule has 0 spiro atoms. The van der Waals surface area contributed by atoms with E-state index in [4.69, 9.17) is 5.11 Å². The fourth-order valence-corrected chi connectivity index (χ4v) is 2.73. The maximum atomic E-state index is 10.8. The summed E-state index contributed by atoms with van der Waals surface area (Å²) in [6, 6.07) is 11.4. The third kappa shape index (κ3) is 2.32. The SMILES string of the molecule is O=C(O)c1ccc(Cn2cc(Br)c3ccccc32)nc1. The molecule has 0 aliphatic rings. The van der Waals surface area contributed by atoms with Crippen LogP contribution in [0.1, 0.15) is 16.1 Å². The van der Waals surface area contributed by atoms with E-state index >= 15 is 0 Å². The van der Waals surface area contributed by atoms with Gasteiger partial charge >= 0.3 is 5.97 Å². The number of carboxylic acids is 1. The topological polar surface area (TPSA) is 55.1 Å². The van der Waals surface area contributed by atoms with Crippen LogP contribution in [0.2, 0.25) is 0 Å². The summed E-state index contributed by atoms with van der Waals surface area (Å²) in [5.41, 5.74) is 2.14. The monoisotopic (exact) mass is 330 g/mol. The number of benzene rings is 1. The zero-order chi connectivity index (χ0) is 14.1. The second kappa shape index (κ2) is 5.09. The molecule has 1 aromatic carbocycles. The maximum absolute atomic E-state index is 10.8. The van der Waals surface area contributed by atoms with Crippen molar-refractivity contribution in [2.75, 3.05) is 0 Å². The summed E-state index contributed by atoms with van der Waals surface area (Å²) in [6.07, 6.45) is 3.40. The fraction of sp³-hybridized carbons (Fsp3) is 0.0667. The highest BCUT2D eigenvalue weighted by molar-refractivity contribution is 9.10. The molecule has 0 radical (unpaired) electrons. The van der Waals surface area contributed by atoms with E-state index in [1.807, 2.05) is 24.4 Å². The van der Waals surface area contributed by atoms with Gasteiger partial charge in [0, 0.05) is 27.8 Å². The highest BCUT2D eigenvalue weighted by Gasteiger charge is 2.07. The first-order valence-corrected chi connectivity index (χ1v) is 6.86. The Morgan fingerprint density at radius 3 is 2.75 bits per heavy atom. The molecular weight excluding hydrogens is 320 g/mol. The van der Waals surface area contributed by atoms with E-state index in [9.17, 15) is 4.79 Å². The number of rotatable bonds is 3. The lowest BCUT2D eigenvalue weighted by Gasteiger charge is -2.05. The quantitative estimate of drug-likeness (QED) is 0.799. The van der Waals surface area contributed by atoms with Crippen LogP contribution in [-0.4, -0.2) is 20.6 Å². The predicted octanol–water partition coefficient (Wildman–Crippen LogP) is 3.55. The van der Waals surface area contributed by atoms with E-state index in [2.05, 4.69) is 31.5 Å². The number of pyridine rings is 1. The van der Waals surface area contributed by atoms with Gasteiger partial charge in [0.25, 0.3) is 0 Å². The highest BCUT2D eigenvalue weighted by atomic mass is 79.9. The third-order valence-corrected chi connectivity index (χ3v) is 3.78. The Kier molecular flexibility index (Phi) is 3.28. The molecule has 0 atom stereocenters. The Bertz CT molecular complexity index is 778. The van der Waals surface area contributed by atoms with Gasteiger partial charge in [-0.2, -0.15) is 0 Å². The van der Waals surface area contributed by atoms with Crippen molar-refractivity contribution in [1.82, 2.24) is 9.55 Å². The van der Waals surface area contributed by atoms with E-state index in [-0.39, 0.29) is 5.56 Å². The number of carboxylic acid groups (broad SMARTS) is 1. The third-order valence-electron chi connectivity index (χ3n) is 3.14. The van der Waals surface area contributed by atoms with Crippen molar-refractivity contribution in [2.24, 2.45) is 0 Å². The predicted molar refractivity (Wildman–Crippen MR) is 79.9 cm³/mol. The first-order valence-electron chi connectivity index (χ1n) is 6.07. The van der Waals surface area contributed by atoms with Crippen LogP contribution in [0.3, 0.4) is 0 Å². The lowest BCUT2D eigenvalue weighted by Crippen LogP contribution is -2.02. The molecule has 20 heavy (non-hydrogen) atoms. The van der Waals surface area contributed by atoms with Crippen molar-refractivity contribution in [3.05, 3.63) is 64.5 Å². The average Bonchev–Trinajstić information content (AvgIpc) is 2.77. The van der Waals surface area contributed by atoms with E-state index in [0.717, 1.165) is 21.1 Å². The molecule has 0 aliphatic heterocycles. The lowest BCUT2D eigenvalue weighted by atomic mass is 10.2. The summed E-state index contributed by atoms with van der Waals surface area (Å²) in [7, 11) is 0. The summed E-state index contributed by atoms with van der Waals surface area (Å²) >= 11 is 3.54. The molecular formula is C15H11BrN2O2. The zero-order valence-corrected chi connectivity index (χ0v) is 12.0. The molecule has 1 N–H and O–H groups in total. The average molecular weight is 331 g/mol. The second-order valence-electron chi connectivity index (χ2n) is 4.47. The van der Waals surface area contributed by atoms with Gasteiger partial charge in [-0.1, -0.05) is 18.2 Å². The van der Waals surface area contributed by atoms with E-state index in [0.29, 0.717) is 6.54 Å². The Hall–Kier alpha value is -2.14. The molecule has 0 bridgehead atoms. The van der Waals surface area contributed by atoms with Crippen LogP contribution in [-0.2, 0) is 6.54 Å². The zero-order valence-electron chi connectivity index (χ0n) is 10.5. The summed E-state index contributed by atoms with van der Waals surface area (Å²) < 4.78 is 3.12. The molecule has 100 valence electrons. The Balaban J connectivity index is 1.95. The molecule has 5 heteroatoms. The molecule has 0 aliphatic carbocycles. The van der Waals surface area contributed by atoms with Gasteiger partial charge in [-0.15, -0.1) is 0 Å². The van der Waals surface area contributed by atoms with Crippen LogP contribution in [0.4, 0.5) is 0 Å². The normalized spacial score (nSPS) is 10.8. The highest BCUT2D eigenvalue weighted by Crippen LogP contribution is 2.26. The van der Waals surface area contributed by atoms with E-state index in [1.54, 1.807) is 12.1 Å². The summed E-state index contributed by atoms with van der Waals surface area (Å²) in [5.74, 6) is -0.960. The number of para-hydroxylation sites is 1. The standard InChI is InChI=1S/C15H11BrN2O2/c16-13-9-18(14-4-2-1-3-12(13)14)8-11-6-5-10(7-17-11)15(19)20/h1-7,9H,8H2,(H,19,20).